The number of nitrogens with zero attached hydrogens (tertiary/aromatic N) is 1. The molecule has 0 unspecified atom stereocenters. The van der Waals surface area contributed by atoms with Crippen LogP contribution in [0.15, 0.2) is 29.4 Å². The van der Waals surface area contributed by atoms with Gasteiger partial charge < -0.3 is 16.3 Å². The van der Waals surface area contributed by atoms with Gasteiger partial charge in [-0.1, -0.05) is 31.1 Å². The highest BCUT2D eigenvalue weighted by Crippen LogP contribution is 2.17. The van der Waals surface area contributed by atoms with Gasteiger partial charge in [-0.25, -0.2) is 0 Å². The van der Waals surface area contributed by atoms with Crippen molar-refractivity contribution in [2.75, 3.05) is 5.32 Å². The number of nitrogens with one attached hydrogen (secondary N) is 1. The fourth-order valence-corrected chi connectivity index (χ4v) is 1.76. The lowest BCUT2D eigenvalue weighted by Crippen LogP contribution is -2.24. The Morgan fingerprint density at radius 2 is 2.00 bits per heavy atom. The van der Waals surface area contributed by atoms with Crippen LogP contribution in [0.5, 0.6) is 0 Å². The first kappa shape index (κ1) is 14.0. The van der Waals surface area contributed by atoms with Crippen LogP contribution in [0, 0.1) is 5.92 Å². The Morgan fingerprint density at radius 3 is 2.56 bits per heavy atom. The van der Waals surface area contributed by atoms with E-state index in [0.29, 0.717) is 11.3 Å². The summed E-state index contributed by atoms with van der Waals surface area (Å²) in [6.45, 7) is 3.95. The maximum Gasteiger partial charge on any atom is 0.227 e. The monoisotopic (exact) mass is 249 g/mol. The zero-order chi connectivity index (χ0) is 13.5. The number of carbonyl (C=O) groups excluding carboxylic acids is 1. The first-order valence-corrected chi connectivity index (χ1v) is 6.01. The fourth-order valence-electron chi connectivity index (χ4n) is 1.76. The van der Waals surface area contributed by atoms with E-state index >= 15 is 0 Å². The van der Waals surface area contributed by atoms with Gasteiger partial charge in [0.15, 0.2) is 5.84 Å². The molecule has 0 radical (unpaired) electrons. The smallest absolute Gasteiger partial charge is 0.227 e. The number of carbonyl (C=O) groups is 1. The molecular formula is C13H19N3O2. The Bertz CT molecular complexity index is 440. The van der Waals surface area contributed by atoms with Crippen molar-refractivity contribution in [3.63, 3.8) is 0 Å². The topological polar surface area (TPSA) is 87.7 Å². The Hall–Kier alpha value is -2.04. The number of amidine groups is 1. The van der Waals surface area contributed by atoms with E-state index in [1.807, 2.05) is 13.8 Å². The molecule has 0 aliphatic heterocycles. The quantitative estimate of drug-likeness (QED) is 0.323. The van der Waals surface area contributed by atoms with Crippen LogP contribution in [0.25, 0.3) is 0 Å². The van der Waals surface area contributed by atoms with Gasteiger partial charge in [-0.15, -0.1) is 0 Å². The number of benzene rings is 1. The summed E-state index contributed by atoms with van der Waals surface area (Å²) in [5.41, 5.74) is 6.63. The summed E-state index contributed by atoms with van der Waals surface area (Å²) in [6, 6.07) is 6.97. The highest BCUT2D eigenvalue weighted by atomic mass is 16.4. The molecule has 0 bridgehead atoms. The standard InChI is InChI=1S/C13H19N3O2/c1-3-9(4-2)13(17)15-11-8-6-5-7-10(11)12(14)16-18/h5-9,18H,3-4H2,1-2H3,(H2,14,16)(H,15,17). The number of oxime groups is 1. The number of amides is 1. The van der Waals surface area contributed by atoms with E-state index in [1.165, 1.54) is 0 Å². The van der Waals surface area contributed by atoms with E-state index in [2.05, 4.69) is 10.5 Å². The van der Waals surface area contributed by atoms with E-state index in [0.717, 1.165) is 12.8 Å². The van der Waals surface area contributed by atoms with Crippen LogP contribution in [0.2, 0.25) is 0 Å². The van der Waals surface area contributed by atoms with Gasteiger partial charge in [-0.2, -0.15) is 0 Å². The van der Waals surface area contributed by atoms with Crippen LogP contribution >= 0.6 is 0 Å². The molecule has 0 aliphatic carbocycles. The predicted molar refractivity (Wildman–Crippen MR) is 71.7 cm³/mol. The molecule has 0 saturated carbocycles. The van der Waals surface area contributed by atoms with Crippen molar-refractivity contribution in [1.82, 2.24) is 0 Å². The van der Waals surface area contributed by atoms with Gasteiger partial charge in [0.1, 0.15) is 0 Å². The van der Waals surface area contributed by atoms with Crippen molar-refractivity contribution in [3.05, 3.63) is 29.8 Å². The van der Waals surface area contributed by atoms with Crippen LogP contribution in [-0.4, -0.2) is 17.0 Å². The average Bonchev–Trinajstić information content (AvgIpc) is 2.40. The molecule has 0 aromatic heterocycles. The molecule has 1 rings (SSSR count). The maximum atomic E-state index is 12.0. The molecule has 0 atom stereocenters. The van der Waals surface area contributed by atoms with Crippen LogP contribution in [-0.2, 0) is 4.79 Å². The van der Waals surface area contributed by atoms with Gasteiger partial charge >= 0.3 is 0 Å². The number of rotatable bonds is 5. The molecule has 0 saturated heterocycles. The van der Waals surface area contributed by atoms with Crippen LogP contribution in [0.3, 0.4) is 0 Å². The number of hydrogen-bond acceptors (Lipinski definition) is 3. The molecule has 0 aliphatic rings. The average molecular weight is 249 g/mol. The molecule has 1 amide bonds. The number of para-hydroxylation sites is 1. The second-order valence-electron chi connectivity index (χ2n) is 4.03. The molecule has 1 aromatic carbocycles. The van der Waals surface area contributed by atoms with Crippen molar-refractivity contribution in [2.45, 2.75) is 26.7 Å². The van der Waals surface area contributed by atoms with Crippen molar-refractivity contribution >= 4 is 17.4 Å². The zero-order valence-corrected chi connectivity index (χ0v) is 10.7. The maximum absolute atomic E-state index is 12.0. The van der Waals surface area contributed by atoms with Gasteiger partial charge in [0, 0.05) is 11.5 Å². The molecule has 0 spiro atoms. The summed E-state index contributed by atoms with van der Waals surface area (Å²) >= 11 is 0. The first-order valence-electron chi connectivity index (χ1n) is 6.01. The molecule has 98 valence electrons. The third-order valence-electron chi connectivity index (χ3n) is 2.93. The van der Waals surface area contributed by atoms with E-state index in [9.17, 15) is 4.79 Å². The second-order valence-corrected chi connectivity index (χ2v) is 4.03. The van der Waals surface area contributed by atoms with Gasteiger partial charge in [-0.05, 0) is 25.0 Å². The molecule has 5 heteroatoms. The van der Waals surface area contributed by atoms with Gasteiger partial charge in [0.05, 0.1) is 5.69 Å². The second kappa shape index (κ2) is 6.64. The molecule has 0 fully saturated rings. The summed E-state index contributed by atoms with van der Waals surface area (Å²) in [6.07, 6.45) is 1.57. The first-order chi connectivity index (χ1) is 8.63. The number of hydrogen-bond donors (Lipinski definition) is 3. The Kier molecular flexibility index (Phi) is 5.17. The summed E-state index contributed by atoms with van der Waals surface area (Å²) in [7, 11) is 0. The number of anilines is 1. The molecule has 5 nitrogen and oxygen atoms in total. The molecular weight excluding hydrogens is 230 g/mol. The highest BCUT2D eigenvalue weighted by Gasteiger charge is 2.16. The lowest BCUT2D eigenvalue weighted by molar-refractivity contribution is -0.120. The SMILES string of the molecule is CCC(CC)C(=O)Nc1ccccc1/C(N)=N/O. The summed E-state index contributed by atoms with van der Waals surface area (Å²) in [5.74, 6) is -0.0843. The predicted octanol–water partition coefficient (Wildman–Crippen LogP) is 2.16. The summed E-state index contributed by atoms with van der Waals surface area (Å²) in [4.78, 5) is 12.0. The molecule has 4 N–H and O–H groups in total. The Labute approximate surface area is 107 Å². The number of nitrogens with two attached hydrogens (primary N) is 1. The highest BCUT2D eigenvalue weighted by molar-refractivity contribution is 6.05. The van der Waals surface area contributed by atoms with Crippen molar-refractivity contribution in [1.29, 1.82) is 0 Å². The van der Waals surface area contributed by atoms with Gasteiger partial charge in [-0.3, -0.25) is 4.79 Å². The Morgan fingerprint density at radius 1 is 1.39 bits per heavy atom. The molecule has 0 heterocycles. The summed E-state index contributed by atoms with van der Waals surface area (Å²) < 4.78 is 0. The Balaban J connectivity index is 2.94. The van der Waals surface area contributed by atoms with Gasteiger partial charge in [0.25, 0.3) is 0 Å². The van der Waals surface area contributed by atoms with E-state index in [4.69, 9.17) is 10.9 Å². The molecule has 1 aromatic rings. The van der Waals surface area contributed by atoms with Crippen LogP contribution < -0.4 is 11.1 Å². The zero-order valence-electron chi connectivity index (χ0n) is 10.7. The van der Waals surface area contributed by atoms with E-state index < -0.39 is 0 Å². The molecule has 18 heavy (non-hydrogen) atoms. The fraction of sp³-hybridized carbons (Fsp3) is 0.385. The summed E-state index contributed by atoms with van der Waals surface area (Å²) in [5, 5.41) is 14.5. The lowest BCUT2D eigenvalue weighted by atomic mass is 10.0. The van der Waals surface area contributed by atoms with E-state index in [1.54, 1.807) is 24.3 Å². The third kappa shape index (κ3) is 3.23. The normalized spacial score (nSPS) is 11.6. The van der Waals surface area contributed by atoms with Crippen LogP contribution in [0.4, 0.5) is 5.69 Å². The minimum absolute atomic E-state index is 0.0181. The lowest BCUT2D eigenvalue weighted by Gasteiger charge is -2.14. The van der Waals surface area contributed by atoms with Crippen LogP contribution in [0.1, 0.15) is 32.3 Å². The minimum atomic E-state index is -0.0433. The van der Waals surface area contributed by atoms with Crippen molar-refractivity contribution in [2.24, 2.45) is 16.8 Å². The van der Waals surface area contributed by atoms with Crippen molar-refractivity contribution in [3.8, 4) is 0 Å². The van der Waals surface area contributed by atoms with E-state index in [-0.39, 0.29) is 17.7 Å². The largest absolute Gasteiger partial charge is 0.409 e. The van der Waals surface area contributed by atoms with Crippen molar-refractivity contribution < 1.29 is 10.0 Å². The van der Waals surface area contributed by atoms with Gasteiger partial charge in [0.2, 0.25) is 5.91 Å². The minimum Gasteiger partial charge on any atom is -0.409 e. The third-order valence-corrected chi connectivity index (χ3v) is 2.93.